The van der Waals surface area contributed by atoms with Crippen LogP contribution in [-0.4, -0.2) is 23.6 Å². The molecule has 0 aromatic heterocycles. The Balaban J connectivity index is 0.000000726. The molecule has 5 atom stereocenters. The third-order valence-electron chi connectivity index (χ3n) is 7.93. The number of benzene rings is 2. The normalized spacial score (nSPS) is 22.9. The molecule has 0 spiro atoms. The van der Waals surface area contributed by atoms with E-state index in [1.165, 1.54) is 70.6 Å². The summed E-state index contributed by atoms with van der Waals surface area (Å²) in [6.07, 6.45) is 19.6. The predicted octanol–water partition coefficient (Wildman–Crippen LogP) is 10.5. The summed E-state index contributed by atoms with van der Waals surface area (Å²) in [7, 11) is 1.27. The molecule has 0 bridgehead atoms. The zero-order valence-electron chi connectivity index (χ0n) is 23.7. The van der Waals surface area contributed by atoms with Gasteiger partial charge in [-0.15, -0.1) is 7.92 Å². The smallest absolute Gasteiger partial charge is 0.358 e. The van der Waals surface area contributed by atoms with Gasteiger partial charge in [-0.05, 0) is 60.5 Å². The van der Waals surface area contributed by atoms with Crippen LogP contribution in [0, 0.1) is 20.8 Å². The molecule has 0 radical (unpaired) electrons. The first-order valence-corrected chi connectivity index (χ1v) is 16.8. The van der Waals surface area contributed by atoms with Crippen molar-refractivity contribution in [3.05, 3.63) is 81.6 Å². The summed E-state index contributed by atoms with van der Waals surface area (Å²) in [4.78, 5) is 0. The molecule has 36 heavy (non-hydrogen) atoms. The number of hydrogen-bond donors (Lipinski definition) is 0. The number of hydrogen-bond acceptors (Lipinski definition) is 0. The van der Waals surface area contributed by atoms with Gasteiger partial charge in [0.1, 0.15) is 0 Å². The Labute approximate surface area is 239 Å². The fourth-order valence-corrected chi connectivity index (χ4v) is 11.0. The average molecular weight is 569 g/mol. The molecule has 0 amide bonds. The van der Waals surface area contributed by atoms with Gasteiger partial charge in [-0.1, -0.05) is 140 Å². The molecule has 3 aliphatic carbocycles. The molecule has 3 aliphatic rings. The van der Waals surface area contributed by atoms with Crippen molar-refractivity contribution < 1.29 is 17.1 Å². The Morgan fingerprint density at radius 2 is 1.08 bits per heavy atom. The van der Waals surface area contributed by atoms with Gasteiger partial charge in [0.05, 0.1) is 0 Å². The SMILES string of the molecule is C1CCCC1.C[C@H](Pc1ccccc1)C1CCCC1P(C)C1CCCCC1.[CH3-].[CH3-].[Fe+2].c1ccccc1. The van der Waals surface area contributed by atoms with E-state index in [4.69, 9.17) is 0 Å². The van der Waals surface area contributed by atoms with E-state index in [0.717, 1.165) is 31.5 Å². The molecule has 3 heteroatoms. The second-order valence-electron chi connectivity index (χ2n) is 10.3. The Bertz CT molecular complexity index is 679. The van der Waals surface area contributed by atoms with E-state index in [9.17, 15) is 0 Å². The van der Waals surface area contributed by atoms with Gasteiger partial charge >= 0.3 is 17.1 Å². The maximum absolute atomic E-state index is 2.66. The van der Waals surface area contributed by atoms with Crippen molar-refractivity contribution in [3.8, 4) is 0 Å². The fraction of sp³-hybridized carbons (Fsp3) is 0.576. The second kappa shape index (κ2) is 21.7. The third kappa shape index (κ3) is 13.1. The average Bonchev–Trinajstić information content (AvgIpc) is 3.62. The van der Waals surface area contributed by atoms with Crippen LogP contribution in [0.1, 0.15) is 90.4 Å². The van der Waals surface area contributed by atoms with Crippen LogP contribution in [-0.2, 0) is 17.1 Å². The first kappa shape index (κ1) is 35.8. The summed E-state index contributed by atoms with van der Waals surface area (Å²) in [6, 6.07) is 23.2. The van der Waals surface area contributed by atoms with E-state index in [1.54, 1.807) is 18.1 Å². The predicted molar refractivity (Wildman–Crippen MR) is 167 cm³/mol. The van der Waals surface area contributed by atoms with Crippen LogP contribution in [0.4, 0.5) is 0 Å². The van der Waals surface area contributed by atoms with Crippen LogP contribution in [0.3, 0.4) is 0 Å². The molecule has 0 heterocycles. The molecular weight excluding hydrogens is 514 g/mol. The van der Waals surface area contributed by atoms with Gasteiger partial charge in [-0.25, -0.2) is 0 Å². The molecule has 204 valence electrons. The molecule has 3 saturated carbocycles. The molecule has 2 aromatic carbocycles. The topological polar surface area (TPSA) is 0 Å². The van der Waals surface area contributed by atoms with Crippen molar-refractivity contribution >= 4 is 21.8 Å². The van der Waals surface area contributed by atoms with Gasteiger partial charge in [0.25, 0.3) is 0 Å². The van der Waals surface area contributed by atoms with Gasteiger partial charge in [0.15, 0.2) is 0 Å². The third-order valence-corrected chi connectivity index (χ3v) is 12.8. The molecular formula is C33H54FeP2. The Kier molecular flexibility index (Phi) is 21.6. The summed E-state index contributed by atoms with van der Waals surface area (Å²) in [5.74, 6) is 1.01. The van der Waals surface area contributed by atoms with Gasteiger partial charge in [0.2, 0.25) is 0 Å². The van der Waals surface area contributed by atoms with Crippen molar-refractivity contribution in [1.29, 1.82) is 0 Å². The molecule has 5 rings (SSSR count). The summed E-state index contributed by atoms with van der Waals surface area (Å²) < 4.78 is 0. The van der Waals surface area contributed by atoms with Crippen LogP contribution in [0.5, 0.6) is 0 Å². The largest absolute Gasteiger partial charge is 2.00 e. The van der Waals surface area contributed by atoms with E-state index in [-0.39, 0.29) is 39.8 Å². The van der Waals surface area contributed by atoms with E-state index in [0.29, 0.717) is 0 Å². The van der Waals surface area contributed by atoms with Crippen LogP contribution in [0.25, 0.3) is 0 Å². The van der Waals surface area contributed by atoms with Gasteiger partial charge in [-0.2, -0.15) is 0 Å². The quantitative estimate of drug-likeness (QED) is 0.191. The van der Waals surface area contributed by atoms with Gasteiger partial charge < -0.3 is 14.9 Å². The summed E-state index contributed by atoms with van der Waals surface area (Å²) in [6.45, 7) is 5.20. The van der Waals surface area contributed by atoms with Crippen molar-refractivity contribution in [2.45, 2.75) is 107 Å². The standard InChI is InChI=1S/C20H32P2.C6H6.C5H10.2CH3.Fe/c1-16(21-17-10-5-3-6-11-17)19-14-9-15-20(19)22(2)18-12-7-4-8-13-18;1-2-4-6-5-3-1;1-2-4-5-3-1;;;/h3,5-6,10-11,16,18-21H,4,7-9,12-15H2,1-2H3;1-6H;1-5H2;2*1H3;/q;;;2*-1;+2/t16-,19?,20?,22?;;;;;/m0...../s1. The van der Waals surface area contributed by atoms with Crippen LogP contribution in [0.15, 0.2) is 66.7 Å². The van der Waals surface area contributed by atoms with E-state index < -0.39 is 0 Å². The Morgan fingerprint density at radius 3 is 1.58 bits per heavy atom. The molecule has 2 aromatic rings. The van der Waals surface area contributed by atoms with Gasteiger partial charge in [0, 0.05) is 0 Å². The van der Waals surface area contributed by atoms with E-state index in [2.05, 4.69) is 43.9 Å². The molecule has 4 unspecified atom stereocenters. The maximum Gasteiger partial charge on any atom is 2.00 e. The van der Waals surface area contributed by atoms with Gasteiger partial charge in [-0.3, -0.25) is 0 Å². The fourth-order valence-electron chi connectivity index (χ4n) is 5.99. The van der Waals surface area contributed by atoms with Crippen LogP contribution >= 0.6 is 16.5 Å². The second-order valence-corrected chi connectivity index (χ2v) is 14.8. The first-order chi connectivity index (χ1) is 16.3. The first-order valence-electron chi connectivity index (χ1n) is 13.8. The molecule has 0 N–H and O–H groups in total. The minimum atomic E-state index is 0. The Morgan fingerprint density at radius 1 is 0.639 bits per heavy atom. The monoisotopic (exact) mass is 568 g/mol. The maximum atomic E-state index is 2.66. The minimum absolute atomic E-state index is 0. The molecule has 3 fully saturated rings. The molecule has 0 saturated heterocycles. The molecule has 0 nitrogen and oxygen atoms in total. The van der Waals surface area contributed by atoms with Crippen molar-refractivity contribution in [2.24, 2.45) is 5.92 Å². The van der Waals surface area contributed by atoms with Crippen molar-refractivity contribution in [1.82, 2.24) is 0 Å². The Hall–Kier alpha value is -0.181. The summed E-state index contributed by atoms with van der Waals surface area (Å²) in [5.41, 5.74) is 3.06. The molecule has 0 aliphatic heterocycles. The zero-order valence-corrected chi connectivity index (χ0v) is 26.7. The van der Waals surface area contributed by atoms with Crippen LogP contribution in [0.2, 0.25) is 0 Å². The number of rotatable bonds is 5. The van der Waals surface area contributed by atoms with Crippen molar-refractivity contribution in [3.63, 3.8) is 0 Å². The van der Waals surface area contributed by atoms with E-state index in [1.807, 2.05) is 36.4 Å². The van der Waals surface area contributed by atoms with Crippen molar-refractivity contribution in [2.75, 3.05) is 6.66 Å². The minimum Gasteiger partial charge on any atom is -0.358 e. The zero-order chi connectivity index (χ0) is 23.1. The summed E-state index contributed by atoms with van der Waals surface area (Å²) in [5, 5.41) is 1.57. The summed E-state index contributed by atoms with van der Waals surface area (Å²) >= 11 is 0. The van der Waals surface area contributed by atoms with E-state index >= 15 is 0 Å². The van der Waals surface area contributed by atoms with Crippen LogP contribution < -0.4 is 5.30 Å².